The van der Waals surface area contributed by atoms with E-state index in [0.29, 0.717) is 6.42 Å². The predicted octanol–water partition coefficient (Wildman–Crippen LogP) is 4.26. The summed E-state index contributed by atoms with van der Waals surface area (Å²) in [5.41, 5.74) is 0.785. The monoisotopic (exact) mass is 234 g/mol. The molecule has 0 bridgehead atoms. The Morgan fingerprint density at radius 1 is 1.12 bits per heavy atom. The molecular weight excluding hydrogens is 212 g/mol. The van der Waals surface area contributed by atoms with Gasteiger partial charge in [0.1, 0.15) is 0 Å². The first-order valence-electron chi connectivity index (χ1n) is 6.38. The van der Waals surface area contributed by atoms with Crippen molar-refractivity contribution in [3.8, 4) is 5.75 Å². The summed E-state index contributed by atoms with van der Waals surface area (Å²) >= 11 is 0. The molecule has 1 rings (SSSR count). The van der Waals surface area contributed by atoms with Gasteiger partial charge in [0.05, 0.1) is 0 Å². The number of unbranched alkanes of at least 4 members (excludes halogenated alkanes) is 4. The molecule has 0 radical (unpaired) electrons. The summed E-state index contributed by atoms with van der Waals surface area (Å²) in [6.45, 7) is 2.19. The SMILES string of the molecule is [CH2-][OH+]c1ccc(C(=O)CCCCCCC)cc1. The van der Waals surface area contributed by atoms with Crippen LogP contribution < -0.4 is 0 Å². The van der Waals surface area contributed by atoms with Gasteiger partial charge in [-0.2, -0.15) is 0 Å². The van der Waals surface area contributed by atoms with Crippen molar-refractivity contribution in [3.63, 3.8) is 0 Å². The number of aromatic hydroxyl groups is 1. The van der Waals surface area contributed by atoms with E-state index in [-0.39, 0.29) is 5.78 Å². The summed E-state index contributed by atoms with van der Waals surface area (Å²) in [5, 5.41) is 0. The molecule has 2 nitrogen and oxygen atoms in total. The lowest BCUT2D eigenvalue weighted by Gasteiger charge is -2.04. The quantitative estimate of drug-likeness (QED) is 0.286. The van der Waals surface area contributed by atoms with Crippen LogP contribution in [0.1, 0.15) is 55.8 Å². The molecule has 0 aromatic heterocycles. The largest absolute Gasteiger partial charge is 0.722 e. The van der Waals surface area contributed by atoms with Gasteiger partial charge in [-0.05, 0) is 25.7 Å². The number of ether oxygens (including phenoxy) is 1. The van der Waals surface area contributed by atoms with E-state index >= 15 is 0 Å². The van der Waals surface area contributed by atoms with E-state index in [1.54, 1.807) is 0 Å². The molecule has 0 unspecified atom stereocenters. The van der Waals surface area contributed by atoms with Gasteiger partial charge in [0, 0.05) is 24.1 Å². The fourth-order valence-electron chi connectivity index (χ4n) is 1.79. The van der Waals surface area contributed by atoms with Crippen LogP contribution in [0.25, 0.3) is 0 Å². The molecule has 0 amide bonds. The molecule has 0 aliphatic heterocycles. The fourth-order valence-corrected chi connectivity index (χ4v) is 1.79. The molecular formula is C15H22O2. The van der Waals surface area contributed by atoms with E-state index in [9.17, 15) is 4.79 Å². The van der Waals surface area contributed by atoms with Crippen molar-refractivity contribution in [1.82, 2.24) is 0 Å². The van der Waals surface area contributed by atoms with Crippen molar-refractivity contribution in [1.29, 1.82) is 0 Å². The Bertz CT molecular complexity index is 327. The van der Waals surface area contributed by atoms with Crippen molar-refractivity contribution in [3.05, 3.63) is 36.9 Å². The van der Waals surface area contributed by atoms with Gasteiger partial charge in [-0.3, -0.25) is 4.79 Å². The van der Waals surface area contributed by atoms with Crippen LogP contribution in [0, 0.1) is 7.11 Å². The lowest BCUT2D eigenvalue weighted by atomic mass is 10.0. The van der Waals surface area contributed by atoms with Crippen LogP contribution in [0.5, 0.6) is 5.75 Å². The maximum atomic E-state index is 11.8. The first-order chi connectivity index (χ1) is 8.27. The maximum absolute atomic E-state index is 11.8. The molecule has 2 heteroatoms. The Balaban J connectivity index is 2.31. The van der Waals surface area contributed by atoms with E-state index in [1.165, 1.54) is 19.3 Å². The van der Waals surface area contributed by atoms with Crippen molar-refractivity contribution < 1.29 is 9.53 Å². The van der Waals surface area contributed by atoms with E-state index in [4.69, 9.17) is 0 Å². The number of rotatable bonds is 8. The molecule has 0 saturated carbocycles. The highest BCUT2D eigenvalue weighted by Crippen LogP contribution is 2.15. The van der Waals surface area contributed by atoms with Gasteiger partial charge in [0.25, 0.3) is 0 Å². The van der Waals surface area contributed by atoms with Crippen molar-refractivity contribution in [2.75, 3.05) is 0 Å². The van der Waals surface area contributed by atoms with Crippen LogP contribution in [0.15, 0.2) is 24.3 Å². The number of hydrogen-bond acceptors (Lipinski definition) is 1. The molecule has 0 aliphatic rings. The molecule has 17 heavy (non-hydrogen) atoms. The number of benzene rings is 1. The highest BCUT2D eigenvalue weighted by molar-refractivity contribution is 5.96. The molecule has 0 heterocycles. The first kappa shape index (κ1) is 13.8. The minimum Gasteiger partial charge on any atom is -0.722 e. The molecule has 1 aromatic rings. The van der Waals surface area contributed by atoms with Crippen LogP contribution >= 0.6 is 0 Å². The van der Waals surface area contributed by atoms with E-state index < -0.39 is 0 Å². The highest BCUT2D eigenvalue weighted by atomic mass is 16.5. The zero-order chi connectivity index (χ0) is 12.5. The van der Waals surface area contributed by atoms with Crippen LogP contribution in [-0.4, -0.2) is 10.5 Å². The van der Waals surface area contributed by atoms with Crippen LogP contribution in [0.3, 0.4) is 0 Å². The third-order valence-electron chi connectivity index (χ3n) is 2.88. The summed E-state index contributed by atoms with van der Waals surface area (Å²) in [5.74, 6) is 1.04. The molecule has 94 valence electrons. The average Bonchev–Trinajstić information content (AvgIpc) is 2.38. The summed E-state index contributed by atoms with van der Waals surface area (Å²) in [6, 6.07) is 7.32. The van der Waals surface area contributed by atoms with E-state index in [1.807, 2.05) is 24.3 Å². The second kappa shape index (κ2) is 7.88. The highest BCUT2D eigenvalue weighted by Gasteiger charge is 2.05. The van der Waals surface area contributed by atoms with Gasteiger partial charge >= 0.3 is 0 Å². The predicted molar refractivity (Wildman–Crippen MR) is 71.2 cm³/mol. The first-order valence-corrected chi connectivity index (χ1v) is 6.38. The van der Waals surface area contributed by atoms with Crippen molar-refractivity contribution in [2.24, 2.45) is 0 Å². The van der Waals surface area contributed by atoms with Gasteiger partial charge in [-0.1, -0.05) is 32.6 Å². The van der Waals surface area contributed by atoms with Gasteiger partial charge in [0.2, 0.25) is 5.75 Å². The van der Waals surface area contributed by atoms with Gasteiger partial charge in [-0.15, -0.1) is 0 Å². The number of Topliss-reactive ketones (excluding diaryl/α,β-unsaturated/α-hetero) is 1. The second-order valence-electron chi connectivity index (χ2n) is 4.29. The number of ketones is 1. The topological polar surface area (TPSA) is 29.9 Å². The smallest absolute Gasteiger partial charge is 0.225 e. The van der Waals surface area contributed by atoms with Crippen LogP contribution in [0.4, 0.5) is 0 Å². The third-order valence-corrected chi connectivity index (χ3v) is 2.88. The van der Waals surface area contributed by atoms with Crippen molar-refractivity contribution >= 4 is 5.78 Å². The Hall–Kier alpha value is -1.31. The summed E-state index contributed by atoms with van der Waals surface area (Å²) in [6.07, 6.45) is 6.57. The van der Waals surface area contributed by atoms with Crippen molar-refractivity contribution in [2.45, 2.75) is 45.4 Å². The standard InChI is InChI=1S/C15H22O2/c1-3-4-5-6-7-8-15(16)13-9-11-14(17-2)12-10-13/h9-12,17H,2-8H2,1H3. The Morgan fingerprint density at radius 2 is 1.76 bits per heavy atom. The molecule has 0 atom stereocenters. The minimum atomic E-state index is 0.233. The minimum absolute atomic E-state index is 0.233. The maximum Gasteiger partial charge on any atom is 0.225 e. The summed E-state index contributed by atoms with van der Waals surface area (Å²) in [7, 11) is 3.45. The van der Waals surface area contributed by atoms with Gasteiger partial charge in [0.15, 0.2) is 5.78 Å². The normalized spacial score (nSPS) is 10.2. The number of hydrogen-bond donors (Lipinski definition) is 0. The molecule has 1 aromatic carbocycles. The lowest BCUT2D eigenvalue weighted by Crippen LogP contribution is -1.98. The average molecular weight is 234 g/mol. The van der Waals surface area contributed by atoms with Gasteiger partial charge < -0.3 is 4.74 Å². The Morgan fingerprint density at radius 3 is 2.35 bits per heavy atom. The summed E-state index contributed by atoms with van der Waals surface area (Å²) < 4.78 is 3.81. The lowest BCUT2D eigenvalue weighted by molar-refractivity contribution is 0.0979. The Kier molecular flexibility index (Phi) is 6.38. The van der Waals surface area contributed by atoms with Gasteiger partial charge in [-0.25, -0.2) is 0 Å². The number of aliphatic hydroxyl groups is 1. The molecule has 0 spiro atoms. The molecule has 0 saturated heterocycles. The zero-order valence-electron chi connectivity index (χ0n) is 10.6. The second-order valence-corrected chi connectivity index (χ2v) is 4.29. The third kappa shape index (κ3) is 5.03. The Labute approximate surface area is 104 Å². The summed E-state index contributed by atoms with van der Waals surface area (Å²) in [4.78, 5) is 11.8. The van der Waals surface area contributed by atoms with Crippen LogP contribution in [0.2, 0.25) is 0 Å². The van der Waals surface area contributed by atoms with E-state index in [2.05, 4.69) is 18.8 Å². The zero-order valence-corrected chi connectivity index (χ0v) is 10.6. The molecule has 0 aliphatic carbocycles. The van der Waals surface area contributed by atoms with E-state index in [0.717, 1.165) is 24.2 Å². The number of carbonyl (C=O) groups excluding carboxylic acids is 1. The van der Waals surface area contributed by atoms with Crippen LogP contribution in [-0.2, 0) is 0 Å². The number of carbonyl (C=O) groups is 1. The molecule has 1 N–H and O–H groups in total. The fraction of sp³-hybridized carbons (Fsp3) is 0.467. The molecule has 0 fully saturated rings.